The minimum Gasteiger partial charge on any atom is -0.496 e. The molecule has 1 aliphatic carbocycles. The van der Waals surface area contributed by atoms with Gasteiger partial charge in [-0.05, 0) is 43.4 Å². The van der Waals surface area contributed by atoms with Gasteiger partial charge in [0.15, 0.2) is 0 Å². The number of carbonyl (C=O) groups is 1. The van der Waals surface area contributed by atoms with Gasteiger partial charge in [-0.1, -0.05) is 42.5 Å². The topological polar surface area (TPSA) is 128 Å². The Morgan fingerprint density at radius 3 is 2.23 bits per heavy atom. The van der Waals surface area contributed by atoms with E-state index in [1.807, 2.05) is 36.4 Å². The number of benzene rings is 2. The van der Waals surface area contributed by atoms with Gasteiger partial charge in [0.2, 0.25) is 0 Å². The molecule has 1 amide bonds. The highest BCUT2D eigenvalue weighted by Gasteiger charge is 2.39. The molecule has 0 atom stereocenters. The summed E-state index contributed by atoms with van der Waals surface area (Å²) in [5.74, 6) is 0.288. The summed E-state index contributed by atoms with van der Waals surface area (Å²) in [6.45, 7) is -0.394. The van der Waals surface area contributed by atoms with Crippen LogP contribution in [-0.4, -0.2) is 74.8 Å². The van der Waals surface area contributed by atoms with Gasteiger partial charge in [-0.3, -0.25) is 4.79 Å². The average Bonchev–Trinajstić information content (AvgIpc) is 2.88. The van der Waals surface area contributed by atoms with Crippen LogP contribution in [0.1, 0.15) is 41.6 Å². The summed E-state index contributed by atoms with van der Waals surface area (Å²) in [6.07, 6.45) is 2.53. The first-order valence-electron chi connectivity index (χ1n) is 11.8. The Hall–Kier alpha value is -2.50. The zero-order valence-electron chi connectivity index (χ0n) is 20.0. The number of methoxy groups -OCH3 is 1. The van der Waals surface area contributed by atoms with E-state index in [9.17, 15) is 23.4 Å². The van der Waals surface area contributed by atoms with Gasteiger partial charge in [-0.15, -0.1) is 0 Å². The van der Waals surface area contributed by atoms with E-state index >= 15 is 0 Å². The largest absolute Gasteiger partial charge is 0.496 e. The minimum atomic E-state index is -3.84. The molecule has 2 aromatic carbocycles. The zero-order valence-corrected chi connectivity index (χ0v) is 20.8. The van der Waals surface area contributed by atoms with Crippen LogP contribution < -0.4 is 14.8 Å². The van der Waals surface area contributed by atoms with E-state index in [1.165, 1.54) is 7.11 Å². The lowest BCUT2D eigenvalue weighted by Crippen LogP contribution is -2.51. The van der Waals surface area contributed by atoms with E-state index in [1.54, 1.807) is 18.2 Å². The van der Waals surface area contributed by atoms with Crippen molar-refractivity contribution in [2.75, 3.05) is 40.0 Å². The Morgan fingerprint density at radius 1 is 1.03 bits per heavy atom. The number of carbonyl (C=O) groups excluding carboxylic acids is 1. The molecule has 0 unspecified atom stereocenters. The number of aliphatic hydroxyl groups is 2. The fraction of sp³-hybridized carbons (Fsp3) is 0.480. The number of nitrogens with one attached hydrogen (secondary N) is 2. The summed E-state index contributed by atoms with van der Waals surface area (Å²) < 4.78 is 34.6. The molecule has 0 radical (unpaired) electrons. The fourth-order valence-corrected chi connectivity index (χ4v) is 6.13. The molecule has 1 saturated carbocycles. The molecule has 0 bridgehead atoms. The Kier molecular flexibility index (Phi) is 9.64. The van der Waals surface area contributed by atoms with Crippen molar-refractivity contribution in [3.8, 4) is 5.75 Å². The number of aliphatic hydroxyl groups excluding tert-OH is 2. The van der Waals surface area contributed by atoms with Crippen molar-refractivity contribution in [1.82, 2.24) is 14.3 Å². The number of ether oxygens (including phenoxy) is 1. The third-order valence-corrected chi connectivity index (χ3v) is 8.30. The summed E-state index contributed by atoms with van der Waals surface area (Å²) in [7, 11) is -2.31. The molecule has 0 heterocycles. The smallest absolute Gasteiger partial charge is 0.279 e. The molecule has 1 aliphatic rings. The minimum absolute atomic E-state index is 0.0778. The lowest BCUT2D eigenvalue weighted by atomic mass is 9.68. The predicted octanol–water partition coefficient (Wildman–Crippen LogP) is 1.43. The molecule has 10 heteroatoms. The van der Waals surface area contributed by atoms with Gasteiger partial charge in [-0.2, -0.15) is 17.4 Å². The second kappa shape index (κ2) is 12.5. The van der Waals surface area contributed by atoms with E-state index in [-0.39, 0.29) is 43.7 Å². The number of hydrogen-bond acceptors (Lipinski definition) is 6. The third kappa shape index (κ3) is 6.80. The maximum Gasteiger partial charge on any atom is 0.279 e. The average molecular weight is 506 g/mol. The molecule has 1 fully saturated rings. The maximum absolute atomic E-state index is 13.0. The Labute approximate surface area is 207 Å². The molecular formula is C25H35N3O6S. The third-order valence-electron chi connectivity index (χ3n) is 6.62. The van der Waals surface area contributed by atoms with E-state index in [0.717, 1.165) is 9.87 Å². The predicted molar refractivity (Wildman–Crippen MR) is 134 cm³/mol. The van der Waals surface area contributed by atoms with Gasteiger partial charge >= 0.3 is 0 Å². The summed E-state index contributed by atoms with van der Waals surface area (Å²) in [5.41, 5.74) is 1.23. The Balaban J connectivity index is 1.72. The van der Waals surface area contributed by atoms with Crippen molar-refractivity contribution in [3.05, 3.63) is 65.7 Å². The first-order valence-corrected chi connectivity index (χ1v) is 13.2. The van der Waals surface area contributed by atoms with Gasteiger partial charge in [0.25, 0.3) is 16.1 Å². The Morgan fingerprint density at radius 2 is 1.63 bits per heavy atom. The van der Waals surface area contributed by atoms with Crippen molar-refractivity contribution in [3.63, 3.8) is 0 Å². The summed E-state index contributed by atoms with van der Waals surface area (Å²) in [6, 6.07) is 16.8. The van der Waals surface area contributed by atoms with Crippen LogP contribution in [0.25, 0.3) is 0 Å². The number of hydrogen-bond donors (Lipinski definition) is 4. The van der Waals surface area contributed by atoms with Gasteiger partial charge in [0, 0.05) is 31.1 Å². The van der Waals surface area contributed by atoms with Crippen LogP contribution in [0.3, 0.4) is 0 Å². The second-order valence-corrected chi connectivity index (χ2v) is 10.5. The summed E-state index contributed by atoms with van der Waals surface area (Å²) >= 11 is 0. The monoisotopic (exact) mass is 505 g/mol. The standard InChI is InChI=1S/C25H35N3O6S/c1-34-23-10-6-5-9-22(23)24(31)26-19-25(20-7-3-2-4-8-20)13-11-21(12-14-25)27-35(32,33)28(15-17-29)16-18-30/h2-10,21,27,29-30H,11-19H2,1H3,(H,26,31). The molecule has 2 aromatic rings. The molecule has 0 aromatic heterocycles. The normalized spacial score (nSPS) is 20.5. The quantitative estimate of drug-likeness (QED) is 0.346. The highest BCUT2D eigenvalue weighted by Crippen LogP contribution is 2.39. The van der Waals surface area contributed by atoms with E-state index in [0.29, 0.717) is 43.5 Å². The van der Waals surface area contributed by atoms with Crippen LogP contribution in [0.15, 0.2) is 54.6 Å². The molecule has 192 valence electrons. The van der Waals surface area contributed by atoms with Gasteiger partial charge < -0.3 is 20.3 Å². The maximum atomic E-state index is 13.0. The van der Waals surface area contributed by atoms with Crippen molar-refractivity contribution >= 4 is 16.1 Å². The zero-order chi connectivity index (χ0) is 25.3. The molecule has 0 spiro atoms. The molecule has 9 nitrogen and oxygen atoms in total. The van der Waals surface area contributed by atoms with Crippen LogP contribution in [0.5, 0.6) is 5.75 Å². The number of rotatable bonds is 12. The highest BCUT2D eigenvalue weighted by atomic mass is 32.2. The number of para-hydroxylation sites is 1. The second-order valence-electron chi connectivity index (χ2n) is 8.77. The Bertz CT molecular complexity index is 1050. The van der Waals surface area contributed by atoms with Crippen LogP contribution in [0, 0.1) is 0 Å². The summed E-state index contributed by atoms with van der Waals surface area (Å²) in [5, 5.41) is 21.5. The van der Waals surface area contributed by atoms with Crippen molar-refractivity contribution in [1.29, 1.82) is 0 Å². The van der Waals surface area contributed by atoms with Crippen molar-refractivity contribution in [2.45, 2.75) is 37.1 Å². The SMILES string of the molecule is COc1ccccc1C(=O)NCC1(c2ccccc2)CCC(NS(=O)(=O)N(CCO)CCO)CC1. The first-order chi connectivity index (χ1) is 16.8. The van der Waals surface area contributed by atoms with Crippen molar-refractivity contribution < 1.29 is 28.2 Å². The number of nitrogens with zero attached hydrogens (tertiary/aromatic N) is 1. The molecule has 0 saturated heterocycles. The lowest BCUT2D eigenvalue weighted by molar-refractivity contribution is 0.0932. The molecule has 3 rings (SSSR count). The van der Waals surface area contributed by atoms with Gasteiger partial charge in [0.05, 0.1) is 25.9 Å². The summed E-state index contributed by atoms with van der Waals surface area (Å²) in [4.78, 5) is 13.0. The van der Waals surface area contributed by atoms with Gasteiger partial charge in [-0.25, -0.2) is 0 Å². The fourth-order valence-electron chi connectivity index (χ4n) is 4.68. The van der Waals surface area contributed by atoms with E-state index in [2.05, 4.69) is 10.0 Å². The number of amides is 1. The van der Waals surface area contributed by atoms with Gasteiger partial charge in [0.1, 0.15) is 5.75 Å². The molecular weight excluding hydrogens is 470 g/mol. The van der Waals surface area contributed by atoms with Crippen LogP contribution in [0.4, 0.5) is 0 Å². The van der Waals surface area contributed by atoms with E-state index in [4.69, 9.17) is 4.74 Å². The molecule has 0 aliphatic heterocycles. The molecule has 35 heavy (non-hydrogen) atoms. The lowest BCUT2D eigenvalue weighted by Gasteiger charge is -2.41. The van der Waals surface area contributed by atoms with Crippen molar-refractivity contribution in [2.24, 2.45) is 0 Å². The van der Waals surface area contributed by atoms with Crippen LogP contribution >= 0.6 is 0 Å². The highest BCUT2D eigenvalue weighted by molar-refractivity contribution is 7.87. The van der Waals surface area contributed by atoms with E-state index < -0.39 is 10.2 Å². The van der Waals surface area contributed by atoms with Crippen LogP contribution in [0.2, 0.25) is 0 Å². The van der Waals surface area contributed by atoms with Crippen LogP contribution in [-0.2, 0) is 15.6 Å². The molecule has 4 N–H and O–H groups in total. The first kappa shape index (κ1) is 27.1.